The standard InChI is InChI=1S/C18H26N4O4/c19-18(17(24)25,26-15-4-2-1-3-5-15)16(23)22-12-10-21(11-13-22)14-6-8-20-9-7-14/h1-5,14,20H,6-13,19H2,(H,24,25). The van der Waals surface area contributed by atoms with Crippen LogP contribution < -0.4 is 15.8 Å². The second kappa shape index (κ2) is 8.03. The number of carboxylic acids is 1. The van der Waals surface area contributed by atoms with E-state index < -0.39 is 17.6 Å². The van der Waals surface area contributed by atoms with E-state index in [0.29, 0.717) is 19.1 Å². The molecule has 0 aromatic heterocycles. The maximum Gasteiger partial charge on any atom is 0.374 e. The summed E-state index contributed by atoms with van der Waals surface area (Å²) < 4.78 is 5.39. The number of nitrogens with zero attached hydrogens (tertiary/aromatic N) is 2. The molecule has 3 rings (SSSR count). The molecular weight excluding hydrogens is 336 g/mol. The lowest BCUT2D eigenvalue weighted by Gasteiger charge is -2.42. The number of rotatable bonds is 5. The molecule has 26 heavy (non-hydrogen) atoms. The molecule has 142 valence electrons. The van der Waals surface area contributed by atoms with E-state index in [1.807, 2.05) is 0 Å². The Morgan fingerprint density at radius 2 is 1.73 bits per heavy atom. The molecule has 2 aliphatic rings. The van der Waals surface area contributed by atoms with Gasteiger partial charge in [0.1, 0.15) is 5.75 Å². The van der Waals surface area contributed by atoms with Gasteiger partial charge in [-0.2, -0.15) is 0 Å². The molecule has 0 aliphatic carbocycles. The van der Waals surface area contributed by atoms with Crippen molar-refractivity contribution in [2.45, 2.75) is 24.6 Å². The maximum atomic E-state index is 12.8. The van der Waals surface area contributed by atoms with Crippen LogP contribution in [0, 0.1) is 0 Å². The Kier molecular flexibility index (Phi) is 5.75. The van der Waals surface area contributed by atoms with Gasteiger partial charge in [0.25, 0.3) is 5.91 Å². The Bertz CT molecular complexity index is 627. The van der Waals surface area contributed by atoms with Crippen LogP contribution in [-0.4, -0.2) is 77.8 Å². The van der Waals surface area contributed by atoms with Gasteiger partial charge in [-0.3, -0.25) is 15.4 Å². The molecule has 0 spiro atoms. The molecule has 8 nitrogen and oxygen atoms in total. The van der Waals surface area contributed by atoms with Crippen molar-refractivity contribution >= 4 is 11.9 Å². The Morgan fingerprint density at radius 1 is 1.12 bits per heavy atom. The molecule has 0 saturated carbocycles. The highest BCUT2D eigenvalue weighted by molar-refractivity contribution is 6.05. The summed E-state index contributed by atoms with van der Waals surface area (Å²) >= 11 is 0. The van der Waals surface area contributed by atoms with E-state index in [0.717, 1.165) is 39.0 Å². The molecule has 1 aromatic rings. The highest BCUT2D eigenvalue weighted by atomic mass is 16.5. The van der Waals surface area contributed by atoms with Crippen LogP contribution in [0.2, 0.25) is 0 Å². The van der Waals surface area contributed by atoms with Gasteiger partial charge in [-0.1, -0.05) is 18.2 Å². The van der Waals surface area contributed by atoms with Gasteiger partial charge < -0.3 is 20.1 Å². The molecule has 0 bridgehead atoms. The Labute approximate surface area is 152 Å². The predicted molar refractivity (Wildman–Crippen MR) is 95.7 cm³/mol. The Hall–Kier alpha value is -2.16. The van der Waals surface area contributed by atoms with Crippen LogP contribution in [0.25, 0.3) is 0 Å². The topological polar surface area (TPSA) is 108 Å². The van der Waals surface area contributed by atoms with Crippen molar-refractivity contribution in [2.75, 3.05) is 39.3 Å². The number of piperazine rings is 1. The fraction of sp³-hybridized carbons (Fsp3) is 0.556. The first kappa shape index (κ1) is 18.6. The quantitative estimate of drug-likeness (QED) is 0.487. The van der Waals surface area contributed by atoms with Crippen LogP contribution >= 0.6 is 0 Å². The number of amides is 1. The highest BCUT2D eigenvalue weighted by Crippen LogP contribution is 2.20. The number of nitrogens with one attached hydrogen (secondary N) is 1. The summed E-state index contributed by atoms with van der Waals surface area (Å²) in [6.45, 7) is 4.37. The van der Waals surface area contributed by atoms with Crippen molar-refractivity contribution < 1.29 is 19.4 Å². The van der Waals surface area contributed by atoms with Crippen molar-refractivity contribution in [2.24, 2.45) is 5.73 Å². The van der Waals surface area contributed by atoms with E-state index in [-0.39, 0.29) is 5.75 Å². The zero-order chi connectivity index (χ0) is 18.6. The second-order valence-corrected chi connectivity index (χ2v) is 6.77. The third-order valence-corrected chi connectivity index (χ3v) is 5.08. The van der Waals surface area contributed by atoms with Crippen LogP contribution in [0.4, 0.5) is 0 Å². The number of carbonyl (C=O) groups is 2. The first-order valence-corrected chi connectivity index (χ1v) is 9.01. The molecule has 2 aliphatic heterocycles. The predicted octanol–water partition coefficient (Wildman–Crippen LogP) is -0.299. The highest BCUT2D eigenvalue weighted by Gasteiger charge is 2.48. The molecule has 2 fully saturated rings. The number of nitrogens with two attached hydrogens (primary N) is 1. The van der Waals surface area contributed by atoms with E-state index in [9.17, 15) is 14.7 Å². The molecule has 2 heterocycles. The third-order valence-electron chi connectivity index (χ3n) is 5.08. The lowest BCUT2D eigenvalue weighted by Crippen LogP contribution is -2.66. The van der Waals surface area contributed by atoms with E-state index in [1.165, 1.54) is 4.90 Å². The minimum absolute atomic E-state index is 0.249. The van der Waals surface area contributed by atoms with Crippen LogP contribution in [0.15, 0.2) is 30.3 Å². The molecule has 4 N–H and O–H groups in total. The summed E-state index contributed by atoms with van der Waals surface area (Å²) in [5.74, 6) is -1.95. The van der Waals surface area contributed by atoms with Crippen LogP contribution in [0.3, 0.4) is 0 Å². The zero-order valence-electron chi connectivity index (χ0n) is 14.8. The van der Waals surface area contributed by atoms with E-state index in [2.05, 4.69) is 10.2 Å². The number of carboxylic acid groups (broad SMARTS) is 1. The number of piperidine rings is 1. The van der Waals surface area contributed by atoms with Crippen LogP contribution in [0.1, 0.15) is 12.8 Å². The largest absolute Gasteiger partial charge is 0.477 e. The number of carbonyl (C=O) groups excluding carboxylic acids is 1. The molecule has 8 heteroatoms. The SMILES string of the molecule is NC(Oc1ccccc1)(C(=O)O)C(=O)N1CCN(C2CCNCC2)CC1. The van der Waals surface area contributed by atoms with Crippen molar-refractivity contribution in [3.8, 4) is 5.75 Å². The first-order valence-electron chi connectivity index (χ1n) is 9.01. The van der Waals surface area contributed by atoms with Gasteiger partial charge in [0, 0.05) is 32.2 Å². The number of aliphatic carboxylic acids is 1. The molecule has 1 aromatic carbocycles. The van der Waals surface area contributed by atoms with Crippen molar-refractivity contribution in [1.82, 2.24) is 15.1 Å². The lowest BCUT2D eigenvalue weighted by atomic mass is 10.0. The summed E-state index contributed by atoms with van der Waals surface area (Å²) in [5, 5.41) is 12.9. The van der Waals surface area contributed by atoms with Crippen molar-refractivity contribution in [3.05, 3.63) is 30.3 Å². The van der Waals surface area contributed by atoms with Gasteiger partial charge in [-0.15, -0.1) is 0 Å². The van der Waals surface area contributed by atoms with Gasteiger partial charge in [0.05, 0.1) is 0 Å². The number of hydrogen-bond donors (Lipinski definition) is 3. The fourth-order valence-corrected chi connectivity index (χ4v) is 3.55. The average molecular weight is 362 g/mol. The summed E-state index contributed by atoms with van der Waals surface area (Å²) in [7, 11) is 0. The van der Waals surface area contributed by atoms with E-state index >= 15 is 0 Å². The number of hydrogen-bond acceptors (Lipinski definition) is 6. The van der Waals surface area contributed by atoms with Gasteiger partial charge >= 0.3 is 11.7 Å². The monoisotopic (exact) mass is 362 g/mol. The number of para-hydroxylation sites is 1. The lowest BCUT2D eigenvalue weighted by molar-refractivity contribution is -0.169. The van der Waals surface area contributed by atoms with Gasteiger partial charge in [0.2, 0.25) is 0 Å². The summed E-state index contributed by atoms with van der Waals surface area (Å²) in [4.78, 5) is 28.4. The smallest absolute Gasteiger partial charge is 0.374 e. The molecule has 1 atom stereocenters. The molecule has 0 radical (unpaired) electrons. The third kappa shape index (κ3) is 3.98. The Balaban J connectivity index is 1.64. The fourth-order valence-electron chi connectivity index (χ4n) is 3.55. The van der Waals surface area contributed by atoms with Gasteiger partial charge in [-0.25, -0.2) is 4.79 Å². The van der Waals surface area contributed by atoms with Crippen LogP contribution in [0.5, 0.6) is 5.75 Å². The maximum absolute atomic E-state index is 12.8. The summed E-state index contributed by atoms with van der Waals surface area (Å²) in [6, 6.07) is 8.84. The van der Waals surface area contributed by atoms with Crippen molar-refractivity contribution in [1.29, 1.82) is 0 Å². The second-order valence-electron chi connectivity index (χ2n) is 6.77. The number of benzene rings is 1. The van der Waals surface area contributed by atoms with Gasteiger partial charge in [0.15, 0.2) is 0 Å². The van der Waals surface area contributed by atoms with Gasteiger partial charge in [-0.05, 0) is 38.1 Å². The minimum Gasteiger partial charge on any atom is -0.477 e. The average Bonchev–Trinajstić information content (AvgIpc) is 2.69. The zero-order valence-corrected chi connectivity index (χ0v) is 14.8. The first-order chi connectivity index (χ1) is 12.5. The van der Waals surface area contributed by atoms with Crippen LogP contribution in [-0.2, 0) is 9.59 Å². The molecule has 2 saturated heterocycles. The Morgan fingerprint density at radius 3 is 2.31 bits per heavy atom. The number of ether oxygens (including phenoxy) is 1. The van der Waals surface area contributed by atoms with Crippen molar-refractivity contribution in [3.63, 3.8) is 0 Å². The molecule has 1 amide bonds. The summed E-state index contributed by atoms with van der Waals surface area (Å²) in [6.07, 6.45) is 2.20. The van der Waals surface area contributed by atoms with E-state index in [1.54, 1.807) is 30.3 Å². The normalized spacial score (nSPS) is 21.8. The minimum atomic E-state index is -2.42. The van der Waals surface area contributed by atoms with E-state index in [4.69, 9.17) is 10.5 Å². The molecular formula is C18H26N4O4. The summed E-state index contributed by atoms with van der Waals surface area (Å²) in [5.41, 5.74) is 3.47. The molecule has 1 unspecified atom stereocenters.